The molecule has 2 aromatic rings. The van der Waals surface area contributed by atoms with Crippen LogP contribution >= 0.6 is 15.9 Å². The minimum atomic E-state index is -0.227. The Hall–Kier alpha value is -2.34. The lowest BCUT2D eigenvalue weighted by Crippen LogP contribution is -2.45. The number of carbonyl (C=O) groups excluding carboxylic acids is 2. The molecule has 2 aromatic carbocycles. The molecule has 0 saturated carbocycles. The Morgan fingerprint density at radius 1 is 1.26 bits per heavy atom. The molecular weight excluding hydrogens is 360 g/mol. The third-order valence-corrected chi connectivity index (χ3v) is 4.17. The van der Waals surface area contributed by atoms with E-state index in [9.17, 15) is 9.59 Å². The van der Waals surface area contributed by atoms with Crippen molar-refractivity contribution < 1.29 is 14.3 Å². The van der Waals surface area contributed by atoms with Gasteiger partial charge in [-0.2, -0.15) is 0 Å². The molecule has 0 unspecified atom stereocenters. The predicted molar refractivity (Wildman–Crippen MR) is 91.8 cm³/mol. The number of halogens is 1. The van der Waals surface area contributed by atoms with Crippen LogP contribution in [0.25, 0.3) is 0 Å². The maximum Gasteiger partial charge on any atom is 0.265 e. The van der Waals surface area contributed by atoms with Crippen molar-refractivity contribution in [3.63, 3.8) is 0 Å². The van der Waals surface area contributed by atoms with Crippen LogP contribution < -0.4 is 14.5 Å². The Morgan fingerprint density at radius 3 is 2.74 bits per heavy atom. The summed E-state index contributed by atoms with van der Waals surface area (Å²) in [6.07, 6.45) is 0. The summed E-state index contributed by atoms with van der Waals surface area (Å²) in [5, 5.41) is 0. The Morgan fingerprint density at radius 2 is 2.00 bits per heavy atom. The number of anilines is 2. The monoisotopic (exact) mass is 374 g/mol. The topological polar surface area (TPSA) is 49.9 Å². The van der Waals surface area contributed by atoms with E-state index in [0.717, 1.165) is 10.2 Å². The maximum absolute atomic E-state index is 12.5. The van der Waals surface area contributed by atoms with Gasteiger partial charge in [0.2, 0.25) is 5.91 Å². The first kappa shape index (κ1) is 15.6. The van der Waals surface area contributed by atoms with Crippen molar-refractivity contribution in [2.24, 2.45) is 0 Å². The van der Waals surface area contributed by atoms with Crippen molar-refractivity contribution in [2.75, 3.05) is 30.0 Å². The second kappa shape index (κ2) is 6.42. The van der Waals surface area contributed by atoms with Crippen LogP contribution in [0.1, 0.15) is 0 Å². The number of ether oxygens (including phenoxy) is 1. The zero-order valence-corrected chi connectivity index (χ0v) is 14.1. The van der Waals surface area contributed by atoms with E-state index in [-0.39, 0.29) is 25.0 Å². The number of fused-ring (bicyclic) bond motifs is 1. The van der Waals surface area contributed by atoms with Crippen molar-refractivity contribution in [2.45, 2.75) is 0 Å². The molecule has 0 spiro atoms. The lowest BCUT2D eigenvalue weighted by atomic mass is 10.2. The van der Waals surface area contributed by atoms with E-state index in [4.69, 9.17) is 4.74 Å². The van der Waals surface area contributed by atoms with Crippen LogP contribution in [0.4, 0.5) is 11.4 Å². The van der Waals surface area contributed by atoms with Crippen molar-refractivity contribution in [1.82, 2.24) is 0 Å². The van der Waals surface area contributed by atoms with Crippen LogP contribution in [0.3, 0.4) is 0 Å². The van der Waals surface area contributed by atoms with Gasteiger partial charge in [-0.15, -0.1) is 0 Å². The SMILES string of the molecule is CN(C(=O)CN1C(=O)COc2cc(Br)ccc21)c1ccccc1. The van der Waals surface area contributed by atoms with Gasteiger partial charge in [0.25, 0.3) is 5.91 Å². The van der Waals surface area contributed by atoms with Crippen molar-refractivity contribution >= 4 is 39.1 Å². The number of likely N-dealkylation sites (N-methyl/N-ethyl adjacent to an activating group) is 1. The van der Waals surface area contributed by atoms with Gasteiger partial charge in [-0.05, 0) is 30.3 Å². The average molecular weight is 375 g/mol. The van der Waals surface area contributed by atoms with Gasteiger partial charge in [-0.25, -0.2) is 0 Å². The molecule has 0 aromatic heterocycles. The molecule has 0 radical (unpaired) electrons. The van der Waals surface area contributed by atoms with E-state index in [1.54, 1.807) is 24.1 Å². The minimum Gasteiger partial charge on any atom is -0.482 e. The van der Waals surface area contributed by atoms with Gasteiger partial charge >= 0.3 is 0 Å². The molecule has 118 valence electrons. The third-order valence-electron chi connectivity index (χ3n) is 3.68. The molecule has 1 aliphatic heterocycles. The fourth-order valence-corrected chi connectivity index (χ4v) is 2.73. The number of carbonyl (C=O) groups is 2. The molecule has 3 rings (SSSR count). The quantitative estimate of drug-likeness (QED) is 0.829. The lowest BCUT2D eigenvalue weighted by Gasteiger charge is -2.30. The van der Waals surface area contributed by atoms with Gasteiger partial charge in [0, 0.05) is 17.2 Å². The number of rotatable bonds is 3. The van der Waals surface area contributed by atoms with Crippen LogP contribution in [0.5, 0.6) is 5.75 Å². The summed E-state index contributed by atoms with van der Waals surface area (Å²) in [6, 6.07) is 14.7. The van der Waals surface area contributed by atoms with Crippen molar-refractivity contribution in [3.05, 3.63) is 53.0 Å². The third kappa shape index (κ3) is 3.22. The van der Waals surface area contributed by atoms with Gasteiger partial charge < -0.3 is 9.64 Å². The standard InChI is InChI=1S/C17H15BrN2O3/c1-19(13-5-3-2-4-6-13)16(21)10-20-14-8-7-12(18)9-15(14)23-11-17(20)22/h2-9H,10-11H2,1H3. The second-order valence-corrected chi connectivity index (χ2v) is 6.08. The zero-order chi connectivity index (χ0) is 16.4. The van der Waals surface area contributed by atoms with E-state index >= 15 is 0 Å². The van der Waals surface area contributed by atoms with E-state index in [0.29, 0.717) is 11.4 Å². The highest BCUT2D eigenvalue weighted by atomic mass is 79.9. The molecule has 0 N–H and O–H groups in total. The van der Waals surface area contributed by atoms with Crippen LogP contribution in [-0.2, 0) is 9.59 Å². The minimum absolute atomic E-state index is 0.0256. The van der Waals surface area contributed by atoms with E-state index in [1.807, 2.05) is 36.4 Å². The average Bonchev–Trinajstić information content (AvgIpc) is 2.57. The summed E-state index contributed by atoms with van der Waals surface area (Å²) in [5.74, 6) is 0.198. The maximum atomic E-state index is 12.5. The Balaban J connectivity index is 1.82. The largest absolute Gasteiger partial charge is 0.482 e. The lowest BCUT2D eigenvalue weighted by molar-refractivity contribution is -0.124. The number of hydrogen-bond acceptors (Lipinski definition) is 3. The number of nitrogens with zero attached hydrogens (tertiary/aromatic N) is 2. The molecule has 6 heteroatoms. The summed E-state index contributed by atoms with van der Waals surface area (Å²) in [5.41, 5.74) is 1.40. The first-order chi connectivity index (χ1) is 11.1. The van der Waals surface area contributed by atoms with Crippen molar-refractivity contribution in [1.29, 1.82) is 0 Å². The highest BCUT2D eigenvalue weighted by Crippen LogP contribution is 2.34. The molecule has 1 heterocycles. The smallest absolute Gasteiger partial charge is 0.265 e. The van der Waals surface area contributed by atoms with Crippen molar-refractivity contribution in [3.8, 4) is 5.75 Å². The van der Waals surface area contributed by atoms with Gasteiger partial charge in [-0.3, -0.25) is 14.5 Å². The molecule has 0 saturated heterocycles. The number of hydrogen-bond donors (Lipinski definition) is 0. The molecule has 0 fully saturated rings. The molecule has 2 amide bonds. The van der Waals surface area contributed by atoms with E-state index in [1.165, 1.54) is 4.90 Å². The fourth-order valence-electron chi connectivity index (χ4n) is 2.39. The van der Waals surface area contributed by atoms with E-state index in [2.05, 4.69) is 15.9 Å². The van der Waals surface area contributed by atoms with Gasteiger partial charge in [0.15, 0.2) is 6.61 Å². The Kier molecular flexibility index (Phi) is 4.34. The van der Waals surface area contributed by atoms with Crippen LogP contribution in [-0.4, -0.2) is 32.0 Å². The second-order valence-electron chi connectivity index (χ2n) is 5.17. The summed E-state index contributed by atoms with van der Waals surface area (Å²) in [7, 11) is 1.70. The summed E-state index contributed by atoms with van der Waals surface area (Å²) >= 11 is 3.37. The van der Waals surface area contributed by atoms with E-state index < -0.39 is 0 Å². The molecule has 1 aliphatic rings. The normalized spacial score (nSPS) is 13.3. The van der Waals surface area contributed by atoms with Crippen LogP contribution in [0.15, 0.2) is 53.0 Å². The highest BCUT2D eigenvalue weighted by Gasteiger charge is 2.28. The van der Waals surface area contributed by atoms with Crippen LogP contribution in [0.2, 0.25) is 0 Å². The number of para-hydroxylation sites is 1. The fraction of sp³-hybridized carbons (Fsp3) is 0.176. The van der Waals surface area contributed by atoms with Crippen LogP contribution in [0, 0.1) is 0 Å². The molecule has 5 nitrogen and oxygen atoms in total. The van der Waals surface area contributed by atoms with Gasteiger partial charge in [0.05, 0.1) is 5.69 Å². The number of amides is 2. The summed E-state index contributed by atoms with van der Waals surface area (Å²) < 4.78 is 6.29. The number of benzene rings is 2. The summed E-state index contributed by atoms with van der Waals surface area (Å²) in [4.78, 5) is 27.7. The first-order valence-electron chi connectivity index (χ1n) is 7.10. The first-order valence-corrected chi connectivity index (χ1v) is 7.90. The molecule has 0 bridgehead atoms. The predicted octanol–water partition coefficient (Wildman–Crippen LogP) is 2.84. The summed E-state index contributed by atoms with van der Waals surface area (Å²) in [6.45, 7) is -0.0893. The molecule has 23 heavy (non-hydrogen) atoms. The Labute approximate surface area is 142 Å². The molecule has 0 atom stereocenters. The zero-order valence-electron chi connectivity index (χ0n) is 12.5. The highest BCUT2D eigenvalue weighted by molar-refractivity contribution is 9.10. The molecular formula is C17H15BrN2O3. The van der Waals surface area contributed by atoms with Gasteiger partial charge in [-0.1, -0.05) is 34.1 Å². The Bertz CT molecular complexity index is 749. The van der Waals surface area contributed by atoms with Gasteiger partial charge in [0.1, 0.15) is 12.3 Å². The molecule has 0 aliphatic carbocycles.